The third-order valence-electron chi connectivity index (χ3n) is 2.65. The molecule has 1 atom stereocenters. The molecular weight excluding hydrogens is 246 g/mol. The number of ether oxygens (including phenoxy) is 1. The Kier molecular flexibility index (Phi) is 4.38. The molecule has 4 heteroatoms. The smallest absolute Gasteiger partial charge is 0.254 e. The van der Waals surface area contributed by atoms with Crippen LogP contribution in [0.3, 0.4) is 0 Å². The lowest BCUT2D eigenvalue weighted by Gasteiger charge is -2.28. The van der Waals surface area contributed by atoms with Crippen LogP contribution in [0.15, 0.2) is 0 Å². The molecule has 82 valence electrons. The van der Waals surface area contributed by atoms with Gasteiger partial charge < -0.3 is 9.64 Å². The minimum Gasteiger partial charge on any atom is -0.365 e. The molecule has 0 N–H and O–H groups in total. The van der Waals surface area contributed by atoms with E-state index in [-0.39, 0.29) is 5.91 Å². The third kappa shape index (κ3) is 2.70. The third-order valence-corrected chi connectivity index (χ3v) is 3.21. The number of nitrogens with zero attached hydrogens (tertiary/aromatic N) is 1. The van der Waals surface area contributed by atoms with Crippen molar-refractivity contribution in [3.8, 4) is 0 Å². The van der Waals surface area contributed by atoms with Crippen molar-refractivity contribution in [3.05, 3.63) is 0 Å². The van der Waals surface area contributed by atoms with Gasteiger partial charge >= 0.3 is 0 Å². The average molecular weight is 264 g/mol. The highest BCUT2D eigenvalue weighted by Crippen LogP contribution is 2.26. The number of alkyl halides is 1. The second kappa shape index (κ2) is 5.12. The summed E-state index contributed by atoms with van der Waals surface area (Å²) < 4.78 is 5.50. The SMILES string of the molecule is CN(CCCBr)C(=O)C1(C)CCCO1. The van der Waals surface area contributed by atoms with Crippen molar-refractivity contribution >= 4 is 21.8 Å². The Morgan fingerprint density at radius 2 is 2.36 bits per heavy atom. The van der Waals surface area contributed by atoms with Crippen molar-refractivity contribution in [3.63, 3.8) is 0 Å². The van der Waals surface area contributed by atoms with E-state index in [1.807, 2.05) is 14.0 Å². The van der Waals surface area contributed by atoms with E-state index in [1.165, 1.54) is 0 Å². The van der Waals surface area contributed by atoms with Crippen LogP contribution in [0, 0.1) is 0 Å². The molecule has 0 saturated carbocycles. The summed E-state index contributed by atoms with van der Waals surface area (Å²) in [5.41, 5.74) is -0.555. The molecule has 1 rings (SSSR count). The molecule has 1 fully saturated rings. The van der Waals surface area contributed by atoms with Crippen LogP contribution in [-0.2, 0) is 9.53 Å². The highest BCUT2D eigenvalue weighted by Gasteiger charge is 2.39. The number of hydrogen-bond donors (Lipinski definition) is 0. The maximum absolute atomic E-state index is 12.0. The Morgan fingerprint density at radius 3 is 2.86 bits per heavy atom. The van der Waals surface area contributed by atoms with Crippen LogP contribution in [0.2, 0.25) is 0 Å². The minimum atomic E-state index is -0.555. The molecule has 1 unspecified atom stereocenters. The first-order chi connectivity index (χ1) is 6.60. The van der Waals surface area contributed by atoms with Crippen LogP contribution in [0.5, 0.6) is 0 Å². The van der Waals surface area contributed by atoms with Gasteiger partial charge in [0.05, 0.1) is 0 Å². The predicted octanol–water partition coefficient (Wildman–Crippen LogP) is 1.80. The molecule has 0 aromatic carbocycles. The lowest BCUT2D eigenvalue weighted by atomic mass is 10.0. The predicted molar refractivity (Wildman–Crippen MR) is 59.6 cm³/mol. The number of amides is 1. The fourth-order valence-corrected chi connectivity index (χ4v) is 2.00. The normalized spacial score (nSPS) is 26.5. The van der Waals surface area contributed by atoms with Crippen LogP contribution in [-0.4, -0.2) is 41.9 Å². The topological polar surface area (TPSA) is 29.5 Å². The van der Waals surface area contributed by atoms with Crippen molar-refractivity contribution in [1.29, 1.82) is 0 Å². The van der Waals surface area contributed by atoms with E-state index in [9.17, 15) is 4.79 Å². The average Bonchev–Trinajstić information content (AvgIpc) is 2.61. The van der Waals surface area contributed by atoms with Gasteiger partial charge in [0.25, 0.3) is 5.91 Å². The van der Waals surface area contributed by atoms with Crippen LogP contribution < -0.4 is 0 Å². The highest BCUT2D eigenvalue weighted by atomic mass is 79.9. The van der Waals surface area contributed by atoms with Gasteiger partial charge in [0.1, 0.15) is 5.60 Å². The van der Waals surface area contributed by atoms with Crippen LogP contribution in [0.4, 0.5) is 0 Å². The monoisotopic (exact) mass is 263 g/mol. The van der Waals surface area contributed by atoms with E-state index in [4.69, 9.17) is 4.74 Å². The van der Waals surface area contributed by atoms with Gasteiger partial charge in [0, 0.05) is 25.5 Å². The van der Waals surface area contributed by atoms with E-state index < -0.39 is 5.60 Å². The molecule has 1 aliphatic rings. The van der Waals surface area contributed by atoms with Crippen molar-refractivity contribution in [2.24, 2.45) is 0 Å². The summed E-state index contributed by atoms with van der Waals surface area (Å²) in [6.07, 6.45) is 2.83. The van der Waals surface area contributed by atoms with Gasteiger partial charge in [-0.05, 0) is 26.2 Å². The van der Waals surface area contributed by atoms with Crippen molar-refractivity contribution in [2.45, 2.75) is 31.8 Å². The molecule has 1 saturated heterocycles. The maximum atomic E-state index is 12.0. The maximum Gasteiger partial charge on any atom is 0.254 e. The van der Waals surface area contributed by atoms with Gasteiger partial charge in [-0.15, -0.1) is 0 Å². The van der Waals surface area contributed by atoms with Gasteiger partial charge in [0.2, 0.25) is 0 Å². The van der Waals surface area contributed by atoms with E-state index in [0.29, 0.717) is 6.61 Å². The first-order valence-electron chi connectivity index (χ1n) is 5.05. The Hall–Kier alpha value is -0.0900. The number of likely N-dealkylation sites (N-methyl/N-ethyl adjacent to an activating group) is 1. The van der Waals surface area contributed by atoms with Gasteiger partial charge in [-0.3, -0.25) is 4.79 Å². The Balaban J connectivity index is 2.46. The second-order valence-electron chi connectivity index (χ2n) is 3.95. The molecule has 3 nitrogen and oxygen atoms in total. The molecule has 1 heterocycles. The zero-order valence-corrected chi connectivity index (χ0v) is 10.5. The van der Waals surface area contributed by atoms with Crippen molar-refractivity contribution in [1.82, 2.24) is 4.90 Å². The first-order valence-corrected chi connectivity index (χ1v) is 6.18. The molecule has 0 aliphatic carbocycles. The molecule has 0 radical (unpaired) electrons. The van der Waals surface area contributed by atoms with Gasteiger partial charge in [0.15, 0.2) is 0 Å². The van der Waals surface area contributed by atoms with Gasteiger partial charge in [-0.1, -0.05) is 15.9 Å². The molecule has 0 bridgehead atoms. The summed E-state index contributed by atoms with van der Waals surface area (Å²) >= 11 is 3.35. The number of rotatable bonds is 4. The molecule has 14 heavy (non-hydrogen) atoms. The fraction of sp³-hybridized carbons (Fsp3) is 0.900. The van der Waals surface area contributed by atoms with Crippen LogP contribution in [0.25, 0.3) is 0 Å². The van der Waals surface area contributed by atoms with Crippen LogP contribution in [0.1, 0.15) is 26.2 Å². The second-order valence-corrected chi connectivity index (χ2v) is 4.75. The zero-order valence-electron chi connectivity index (χ0n) is 8.88. The summed E-state index contributed by atoms with van der Waals surface area (Å²) in [4.78, 5) is 13.7. The number of halogens is 1. The molecule has 0 aromatic heterocycles. The minimum absolute atomic E-state index is 0.121. The Labute approximate surface area is 93.9 Å². The Bertz CT molecular complexity index is 202. The van der Waals surface area contributed by atoms with Crippen molar-refractivity contribution in [2.75, 3.05) is 25.5 Å². The van der Waals surface area contributed by atoms with E-state index in [0.717, 1.165) is 31.1 Å². The van der Waals surface area contributed by atoms with Gasteiger partial charge in [-0.25, -0.2) is 0 Å². The molecular formula is C10H18BrNO2. The summed E-state index contributed by atoms with van der Waals surface area (Å²) in [6, 6.07) is 0. The largest absolute Gasteiger partial charge is 0.365 e. The first kappa shape index (κ1) is 12.0. The molecule has 0 spiro atoms. The Morgan fingerprint density at radius 1 is 1.64 bits per heavy atom. The number of carbonyl (C=O) groups excluding carboxylic acids is 1. The molecule has 0 aromatic rings. The van der Waals surface area contributed by atoms with Crippen molar-refractivity contribution < 1.29 is 9.53 Å². The fourth-order valence-electron chi connectivity index (χ4n) is 1.75. The highest BCUT2D eigenvalue weighted by molar-refractivity contribution is 9.09. The quantitative estimate of drug-likeness (QED) is 0.725. The summed E-state index contributed by atoms with van der Waals surface area (Å²) in [5, 5.41) is 0.933. The lowest BCUT2D eigenvalue weighted by molar-refractivity contribution is -0.149. The number of carbonyl (C=O) groups is 1. The van der Waals surface area contributed by atoms with Crippen LogP contribution >= 0.6 is 15.9 Å². The molecule has 1 aliphatic heterocycles. The van der Waals surface area contributed by atoms with E-state index in [2.05, 4.69) is 15.9 Å². The summed E-state index contributed by atoms with van der Waals surface area (Å²) in [5.74, 6) is 0.121. The standard InChI is InChI=1S/C10H18BrNO2/c1-10(5-3-8-14-10)9(13)12(2)7-4-6-11/h3-8H2,1-2H3. The molecule has 1 amide bonds. The zero-order chi connectivity index (χ0) is 10.6. The van der Waals surface area contributed by atoms with E-state index in [1.54, 1.807) is 4.90 Å². The number of hydrogen-bond acceptors (Lipinski definition) is 2. The van der Waals surface area contributed by atoms with Gasteiger partial charge in [-0.2, -0.15) is 0 Å². The summed E-state index contributed by atoms with van der Waals surface area (Å²) in [6.45, 7) is 3.41. The lowest BCUT2D eigenvalue weighted by Crippen LogP contribution is -2.45. The van der Waals surface area contributed by atoms with E-state index >= 15 is 0 Å². The summed E-state index contributed by atoms with van der Waals surface area (Å²) in [7, 11) is 1.85.